The highest BCUT2D eigenvalue weighted by Gasteiger charge is 2.25. The van der Waals surface area contributed by atoms with Gasteiger partial charge in [-0.25, -0.2) is 9.36 Å². The van der Waals surface area contributed by atoms with Gasteiger partial charge in [-0.05, 0) is 22.9 Å². The molecule has 0 amide bonds. The zero-order valence-corrected chi connectivity index (χ0v) is 15.9. The molecule has 3 aromatic carbocycles. The highest BCUT2D eigenvalue weighted by Crippen LogP contribution is 2.17. The third-order valence-corrected chi connectivity index (χ3v) is 5.94. The summed E-state index contributed by atoms with van der Waals surface area (Å²) in [6.07, 6.45) is 0. The summed E-state index contributed by atoms with van der Waals surface area (Å²) in [5.41, 5.74) is 2.99. The van der Waals surface area contributed by atoms with Crippen molar-refractivity contribution in [2.24, 2.45) is 0 Å². The number of nitrogens with one attached hydrogen (secondary N) is 2. The van der Waals surface area contributed by atoms with Crippen LogP contribution in [0.25, 0.3) is 21.9 Å². The average Bonchev–Trinajstić information content (AvgIpc) is 3.05. The Morgan fingerprint density at radius 1 is 0.821 bits per heavy atom. The molecular weight excluding hydrogens is 350 g/mol. The minimum Gasteiger partial charge on any atom is -0.408 e. The lowest BCUT2D eigenvalue weighted by molar-refractivity contribution is -1.03. The molecule has 0 saturated carbocycles. The van der Waals surface area contributed by atoms with Gasteiger partial charge >= 0.3 is 5.76 Å². The van der Waals surface area contributed by atoms with E-state index < -0.39 is 0 Å². The molecule has 0 spiro atoms. The largest absolute Gasteiger partial charge is 0.424 e. The van der Waals surface area contributed by atoms with Crippen molar-refractivity contribution in [1.82, 2.24) is 4.57 Å². The van der Waals surface area contributed by atoms with Crippen LogP contribution >= 0.6 is 0 Å². The van der Waals surface area contributed by atoms with E-state index >= 15 is 0 Å². The minimum absolute atomic E-state index is 0.251. The van der Waals surface area contributed by atoms with E-state index in [4.69, 9.17) is 4.42 Å². The fraction of sp³-hybridized carbons (Fsp3) is 0.261. The van der Waals surface area contributed by atoms with E-state index in [0.29, 0.717) is 12.3 Å². The molecule has 0 radical (unpaired) electrons. The number of rotatable bonds is 4. The number of fused-ring (bicyclic) bond motifs is 2. The van der Waals surface area contributed by atoms with Crippen LogP contribution in [0.2, 0.25) is 0 Å². The fourth-order valence-corrected chi connectivity index (χ4v) is 4.40. The lowest BCUT2D eigenvalue weighted by Gasteiger charge is -2.29. The number of para-hydroxylation sites is 2. The molecule has 142 valence electrons. The number of nitrogens with zero attached hydrogens (tertiary/aromatic N) is 1. The van der Waals surface area contributed by atoms with Crippen molar-refractivity contribution < 1.29 is 14.2 Å². The molecule has 4 aromatic rings. The lowest BCUT2D eigenvalue weighted by Crippen LogP contribution is -3.27. The molecule has 5 rings (SSSR count). The third kappa shape index (κ3) is 3.23. The first-order valence-corrected chi connectivity index (χ1v) is 10.00. The Bertz CT molecular complexity index is 1160. The number of piperazine rings is 1. The van der Waals surface area contributed by atoms with Crippen molar-refractivity contribution >= 4 is 21.9 Å². The van der Waals surface area contributed by atoms with Crippen molar-refractivity contribution in [3.63, 3.8) is 0 Å². The number of hydrogen-bond donors (Lipinski definition) is 2. The van der Waals surface area contributed by atoms with Crippen LogP contribution in [-0.2, 0) is 13.2 Å². The van der Waals surface area contributed by atoms with Crippen molar-refractivity contribution in [3.8, 4) is 0 Å². The number of oxazole rings is 1. The second-order valence-electron chi connectivity index (χ2n) is 7.74. The van der Waals surface area contributed by atoms with E-state index in [1.54, 1.807) is 9.47 Å². The molecule has 0 aliphatic carbocycles. The predicted octanol–water partition coefficient (Wildman–Crippen LogP) is 0.689. The molecule has 1 aliphatic rings. The summed E-state index contributed by atoms with van der Waals surface area (Å²) in [5.74, 6) is -0.251. The third-order valence-electron chi connectivity index (χ3n) is 5.94. The van der Waals surface area contributed by atoms with E-state index in [1.807, 2.05) is 24.3 Å². The molecular formula is C23H25N3O2+2. The van der Waals surface area contributed by atoms with Crippen LogP contribution in [-0.4, -0.2) is 30.7 Å². The molecule has 1 saturated heterocycles. The second kappa shape index (κ2) is 7.26. The van der Waals surface area contributed by atoms with Crippen LogP contribution in [0.4, 0.5) is 0 Å². The zero-order valence-electron chi connectivity index (χ0n) is 15.9. The van der Waals surface area contributed by atoms with Crippen molar-refractivity contribution in [2.75, 3.05) is 26.2 Å². The van der Waals surface area contributed by atoms with Gasteiger partial charge in [0.25, 0.3) is 0 Å². The SMILES string of the molecule is O=c1oc2ccccc2n1C[NH+]1CC[NH+](Cc2cccc3ccccc23)CC1. The van der Waals surface area contributed by atoms with Crippen molar-refractivity contribution in [1.29, 1.82) is 0 Å². The number of hydrogen-bond acceptors (Lipinski definition) is 2. The lowest BCUT2D eigenvalue weighted by atomic mass is 10.0. The molecule has 1 aromatic heterocycles. The maximum Gasteiger partial charge on any atom is 0.424 e. The summed E-state index contributed by atoms with van der Waals surface area (Å²) in [5, 5.41) is 2.68. The molecule has 1 fully saturated rings. The molecule has 0 bridgehead atoms. The van der Waals surface area contributed by atoms with E-state index in [2.05, 4.69) is 42.5 Å². The van der Waals surface area contributed by atoms with Gasteiger partial charge in [-0.2, -0.15) is 0 Å². The zero-order chi connectivity index (χ0) is 18.9. The normalized spacial score (nSPS) is 20.0. The standard InChI is InChI=1S/C23H23N3O2/c27-23-26(21-10-3-4-11-22(21)28-23)17-25-14-12-24(13-15-25)16-19-8-5-7-18-6-1-2-9-20(18)19/h1-11H,12-17H2/p+2. The first kappa shape index (κ1) is 17.2. The molecule has 2 heterocycles. The fourth-order valence-electron chi connectivity index (χ4n) is 4.40. The van der Waals surface area contributed by atoms with E-state index in [-0.39, 0.29) is 5.76 Å². The highest BCUT2D eigenvalue weighted by molar-refractivity contribution is 5.85. The Morgan fingerprint density at radius 3 is 2.43 bits per heavy atom. The van der Waals surface area contributed by atoms with Gasteiger partial charge in [0.05, 0.1) is 5.52 Å². The molecule has 1 aliphatic heterocycles. The van der Waals surface area contributed by atoms with Gasteiger partial charge in [-0.3, -0.25) is 0 Å². The topological polar surface area (TPSA) is 44.0 Å². The van der Waals surface area contributed by atoms with Gasteiger partial charge in [-0.1, -0.05) is 54.6 Å². The predicted molar refractivity (Wildman–Crippen MR) is 110 cm³/mol. The summed E-state index contributed by atoms with van der Waals surface area (Å²) < 4.78 is 7.15. The Morgan fingerprint density at radius 2 is 1.54 bits per heavy atom. The molecule has 2 N–H and O–H groups in total. The van der Waals surface area contributed by atoms with Gasteiger partial charge in [0.2, 0.25) is 0 Å². The molecule has 0 unspecified atom stereocenters. The van der Waals surface area contributed by atoms with Crippen LogP contribution in [0.3, 0.4) is 0 Å². The molecule has 5 nitrogen and oxygen atoms in total. The molecule has 28 heavy (non-hydrogen) atoms. The van der Waals surface area contributed by atoms with E-state index in [0.717, 1.165) is 38.2 Å². The minimum atomic E-state index is -0.251. The quantitative estimate of drug-likeness (QED) is 0.551. The summed E-state index contributed by atoms with van der Waals surface area (Å²) in [4.78, 5) is 15.3. The molecule has 5 heteroatoms. The van der Waals surface area contributed by atoms with Crippen molar-refractivity contribution in [3.05, 3.63) is 82.8 Å². The first-order valence-electron chi connectivity index (χ1n) is 10.00. The monoisotopic (exact) mass is 375 g/mol. The van der Waals surface area contributed by atoms with Crippen LogP contribution in [0.5, 0.6) is 0 Å². The summed E-state index contributed by atoms with van der Waals surface area (Å²) in [6, 6.07) is 22.9. The van der Waals surface area contributed by atoms with Crippen molar-refractivity contribution in [2.45, 2.75) is 13.2 Å². The Labute approximate surface area is 163 Å². The van der Waals surface area contributed by atoms with Gasteiger partial charge in [0.1, 0.15) is 32.7 Å². The maximum absolute atomic E-state index is 12.2. The van der Waals surface area contributed by atoms with Gasteiger partial charge < -0.3 is 14.2 Å². The first-order chi connectivity index (χ1) is 13.8. The number of benzene rings is 3. The summed E-state index contributed by atoms with van der Waals surface area (Å²) in [7, 11) is 0. The van der Waals surface area contributed by atoms with Gasteiger partial charge in [-0.15, -0.1) is 0 Å². The van der Waals surface area contributed by atoms with Gasteiger partial charge in [0.15, 0.2) is 12.3 Å². The highest BCUT2D eigenvalue weighted by atomic mass is 16.4. The summed E-state index contributed by atoms with van der Waals surface area (Å²) >= 11 is 0. The second-order valence-corrected chi connectivity index (χ2v) is 7.74. The maximum atomic E-state index is 12.2. The van der Waals surface area contributed by atoms with E-state index in [1.165, 1.54) is 21.2 Å². The Hall–Kier alpha value is -2.89. The van der Waals surface area contributed by atoms with Gasteiger partial charge in [0, 0.05) is 5.56 Å². The van der Waals surface area contributed by atoms with Crippen LogP contribution in [0.15, 0.2) is 75.9 Å². The van der Waals surface area contributed by atoms with Crippen LogP contribution in [0.1, 0.15) is 5.56 Å². The molecule has 0 atom stereocenters. The van der Waals surface area contributed by atoms with E-state index in [9.17, 15) is 4.79 Å². The van der Waals surface area contributed by atoms with Crippen LogP contribution in [0, 0.1) is 0 Å². The Balaban J connectivity index is 1.26. The van der Waals surface area contributed by atoms with Crippen LogP contribution < -0.4 is 15.6 Å². The smallest absolute Gasteiger partial charge is 0.408 e. The number of aromatic nitrogens is 1. The summed E-state index contributed by atoms with van der Waals surface area (Å²) in [6.45, 7) is 6.09. The number of quaternary nitrogens is 2. The Kier molecular flexibility index (Phi) is 4.47. The average molecular weight is 375 g/mol.